The number of quaternary nitrogens is 1. The second kappa shape index (κ2) is 8.02. The highest BCUT2D eigenvalue weighted by atomic mass is 16.5. The predicted octanol–water partition coefficient (Wildman–Crippen LogP) is 2.27. The molecule has 1 aliphatic rings. The van der Waals surface area contributed by atoms with E-state index in [0.29, 0.717) is 0 Å². The number of likely N-dealkylation sites (tertiary alicyclic amines) is 1. The summed E-state index contributed by atoms with van der Waals surface area (Å²) < 4.78 is 10.4. The van der Waals surface area contributed by atoms with Gasteiger partial charge in [0.1, 0.15) is 24.6 Å². The molecule has 0 saturated carbocycles. The van der Waals surface area contributed by atoms with Crippen molar-refractivity contribution in [3.8, 4) is 11.5 Å². The molecule has 0 amide bonds. The van der Waals surface area contributed by atoms with Crippen LogP contribution in [0.25, 0.3) is 12.2 Å². The summed E-state index contributed by atoms with van der Waals surface area (Å²) in [5, 5.41) is 0. The molecule has 1 N–H and O–H groups in total. The number of hydrogen-bond donors (Lipinski definition) is 1. The molecule has 1 fully saturated rings. The Morgan fingerprint density at radius 3 is 1.50 bits per heavy atom. The average Bonchev–Trinajstić information content (AvgIpc) is 2.66. The highest BCUT2D eigenvalue weighted by molar-refractivity contribution is 6.14. The van der Waals surface area contributed by atoms with E-state index in [1.807, 2.05) is 60.7 Å². The maximum atomic E-state index is 12.9. The van der Waals surface area contributed by atoms with Crippen LogP contribution in [0.5, 0.6) is 11.5 Å². The maximum absolute atomic E-state index is 12.9. The number of ether oxygens (including phenoxy) is 2. The number of benzene rings is 2. The number of carbonyl (C=O) groups is 1. The quantitative estimate of drug-likeness (QED) is 0.860. The summed E-state index contributed by atoms with van der Waals surface area (Å²) in [6.07, 6.45) is 3.96. The van der Waals surface area contributed by atoms with Gasteiger partial charge in [-0.3, -0.25) is 4.79 Å². The standard InChI is InChI=1S/C22H23NO3/c1-23-14-18(12-16-4-8-20(25-2)9-5-16)22(24)19(15-23)13-17-6-10-21(26-3)11-7-17/h4-13H,14-15H2,1-3H3/p+1/b18-12+,19-13?. The third-order valence-corrected chi connectivity index (χ3v) is 4.48. The van der Waals surface area contributed by atoms with Crippen LogP contribution in [0.2, 0.25) is 0 Å². The van der Waals surface area contributed by atoms with Gasteiger partial charge in [0.2, 0.25) is 0 Å². The Labute approximate surface area is 154 Å². The lowest BCUT2D eigenvalue weighted by Gasteiger charge is -2.23. The zero-order valence-corrected chi connectivity index (χ0v) is 15.4. The first-order valence-corrected chi connectivity index (χ1v) is 8.64. The Hall–Kier alpha value is -2.85. The summed E-state index contributed by atoms with van der Waals surface area (Å²) >= 11 is 0. The predicted molar refractivity (Wildman–Crippen MR) is 104 cm³/mol. The van der Waals surface area contributed by atoms with E-state index in [2.05, 4.69) is 7.05 Å². The third-order valence-electron chi connectivity index (χ3n) is 4.48. The summed E-state index contributed by atoms with van der Waals surface area (Å²) in [5.74, 6) is 1.75. The molecular weight excluding hydrogens is 326 g/mol. The van der Waals surface area contributed by atoms with Gasteiger partial charge in [0.25, 0.3) is 0 Å². The van der Waals surface area contributed by atoms with Gasteiger partial charge in [0.05, 0.1) is 32.4 Å². The van der Waals surface area contributed by atoms with Gasteiger partial charge in [-0.2, -0.15) is 0 Å². The molecule has 0 spiro atoms. The van der Waals surface area contributed by atoms with Crippen LogP contribution in [0.4, 0.5) is 0 Å². The Kier molecular flexibility index (Phi) is 5.54. The number of nitrogens with one attached hydrogen (secondary N) is 1. The number of Topliss-reactive ketones (excluding diaryl/α,β-unsaturated/α-hetero) is 1. The molecule has 0 aromatic heterocycles. The number of likely N-dealkylation sites (N-methyl/N-ethyl adjacent to an activating group) is 1. The van der Waals surface area contributed by atoms with E-state index in [-0.39, 0.29) is 5.78 Å². The number of methoxy groups -OCH3 is 2. The van der Waals surface area contributed by atoms with E-state index in [9.17, 15) is 4.79 Å². The van der Waals surface area contributed by atoms with Crippen LogP contribution in [0.1, 0.15) is 11.1 Å². The fraction of sp³-hybridized carbons (Fsp3) is 0.227. The van der Waals surface area contributed by atoms with Crippen LogP contribution in [-0.2, 0) is 4.79 Å². The summed E-state index contributed by atoms with van der Waals surface area (Å²) in [7, 11) is 5.40. The van der Waals surface area contributed by atoms with Gasteiger partial charge in [-0.1, -0.05) is 24.3 Å². The van der Waals surface area contributed by atoms with Crippen molar-refractivity contribution in [2.45, 2.75) is 0 Å². The first kappa shape index (κ1) is 18.0. The van der Waals surface area contributed by atoms with Crippen molar-refractivity contribution in [2.75, 3.05) is 34.4 Å². The monoisotopic (exact) mass is 350 g/mol. The number of ketones is 1. The number of piperidine rings is 1. The van der Waals surface area contributed by atoms with Crippen LogP contribution >= 0.6 is 0 Å². The number of hydrogen-bond acceptors (Lipinski definition) is 3. The minimum absolute atomic E-state index is 0.127. The molecule has 0 radical (unpaired) electrons. The molecule has 2 aromatic carbocycles. The van der Waals surface area contributed by atoms with E-state index in [1.165, 1.54) is 4.90 Å². The van der Waals surface area contributed by atoms with Crippen molar-refractivity contribution in [2.24, 2.45) is 0 Å². The van der Waals surface area contributed by atoms with Crippen LogP contribution in [0.15, 0.2) is 59.7 Å². The SMILES string of the molecule is COc1ccc(C=C2C[NH+](C)C/C(=C\c3ccc(OC)cc3)C2=O)cc1. The van der Waals surface area contributed by atoms with Gasteiger partial charge in [0, 0.05) is 0 Å². The molecule has 3 rings (SSSR count). The molecule has 1 aliphatic heterocycles. The van der Waals surface area contributed by atoms with Crippen molar-refractivity contribution in [3.05, 3.63) is 70.8 Å². The fourth-order valence-corrected chi connectivity index (χ4v) is 3.12. The molecule has 0 bridgehead atoms. The summed E-state index contributed by atoms with van der Waals surface area (Å²) in [6.45, 7) is 1.45. The molecule has 2 aromatic rings. The van der Waals surface area contributed by atoms with Gasteiger partial charge in [-0.05, 0) is 47.5 Å². The van der Waals surface area contributed by atoms with E-state index >= 15 is 0 Å². The molecule has 134 valence electrons. The lowest BCUT2D eigenvalue weighted by atomic mass is 9.94. The lowest BCUT2D eigenvalue weighted by Crippen LogP contribution is -3.10. The van der Waals surface area contributed by atoms with Crippen LogP contribution < -0.4 is 14.4 Å². The van der Waals surface area contributed by atoms with Crippen LogP contribution in [0.3, 0.4) is 0 Å². The highest BCUT2D eigenvalue weighted by Gasteiger charge is 2.27. The van der Waals surface area contributed by atoms with Crippen molar-refractivity contribution >= 4 is 17.9 Å². The van der Waals surface area contributed by atoms with Crippen LogP contribution in [-0.4, -0.2) is 40.1 Å². The number of rotatable bonds is 4. The smallest absolute Gasteiger partial charge is 0.196 e. The largest absolute Gasteiger partial charge is 0.497 e. The maximum Gasteiger partial charge on any atom is 0.196 e. The van der Waals surface area contributed by atoms with Crippen molar-refractivity contribution in [1.29, 1.82) is 0 Å². The Morgan fingerprint density at radius 1 is 0.769 bits per heavy atom. The van der Waals surface area contributed by atoms with Crippen molar-refractivity contribution in [3.63, 3.8) is 0 Å². The molecule has 26 heavy (non-hydrogen) atoms. The molecule has 1 saturated heterocycles. The Bertz CT molecular complexity index is 763. The van der Waals surface area contributed by atoms with E-state index < -0.39 is 0 Å². The topological polar surface area (TPSA) is 40.0 Å². The van der Waals surface area contributed by atoms with Crippen molar-refractivity contribution in [1.82, 2.24) is 0 Å². The molecule has 4 heteroatoms. The molecule has 1 unspecified atom stereocenters. The zero-order chi connectivity index (χ0) is 18.5. The minimum atomic E-state index is 0.127. The number of carbonyl (C=O) groups excluding carboxylic acids is 1. The van der Waals surface area contributed by atoms with E-state index in [1.54, 1.807) is 14.2 Å². The fourth-order valence-electron chi connectivity index (χ4n) is 3.12. The first-order valence-electron chi connectivity index (χ1n) is 8.64. The van der Waals surface area contributed by atoms with Crippen molar-refractivity contribution < 1.29 is 19.2 Å². The molecule has 0 aliphatic carbocycles. The van der Waals surface area contributed by atoms with E-state index in [4.69, 9.17) is 9.47 Å². The lowest BCUT2D eigenvalue weighted by molar-refractivity contribution is -0.870. The van der Waals surface area contributed by atoms with Gasteiger partial charge < -0.3 is 14.4 Å². The van der Waals surface area contributed by atoms with Gasteiger partial charge in [-0.25, -0.2) is 0 Å². The molecular formula is C22H24NO3+. The summed E-state index contributed by atoms with van der Waals surface area (Å²) in [6, 6.07) is 15.5. The molecule has 1 atom stereocenters. The summed E-state index contributed by atoms with van der Waals surface area (Å²) in [4.78, 5) is 14.2. The third kappa shape index (κ3) is 4.21. The van der Waals surface area contributed by atoms with Gasteiger partial charge >= 0.3 is 0 Å². The molecule has 1 heterocycles. The zero-order valence-electron chi connectivity index (χ0n) is 15.4. The van der Waals surface area contributed by atoms with E-state index in [0.717, 1.165) is 46.9 Å². The summed E-state index contributed by atoms with van der Waals surface area (Å²) in [5.41, 5.74) is 3.68. The Morgan fingerprint density at radius 2 is 1.15 bits per heavy atom. The molecule has 4 nitrogen and oxygen atoms in total. The average molecular weight is 350 g/mol. The van der Waals surface area contributed by atoms with Gasteiger partial charge in [0.15, 0.2) is 5.78 Å². The second-order valence-corrected chi connectivity index (χ2v) is 6.53. The van der Waals surface area contributed by atoms with Gasteiger partial charge in [-0.15, -0.1) is 0 Å². The highest BCUT2D eigenvalue weighted by Crippen LogP contribution is 2.19. The Balaban J connectivity index is 1.86. The minimum Gasteiger partial charge on any atom is -0.497 e. The normalized spacial score (nSPS) is 20.4. The second-order valence-electron chi connectivity index (χ2n) is 6.53. The first-order chi connectivity index (χ1) is 12.6. The van der Waals surface area contributed by atoms with Crippen LogP contribution in [0, 0.1) is 0 Å².